The summed E-state index contributed by atoms with van der Waals surface area (Å²) >= 11 is 0. The molecule has 1 N–H and O–H groups in total. The number of fused-ring (bicyclic) bond motifs is 1. The lowest BCUT2D eigenvalue weighted by molar-refractivity contribution is 0.240. The van der Waals surface area contributed by atoms with Gasteiger partial charge in [-0.3, -0.25) is 4.90 Å². The summed E-state index contributed by atoms with van der Waals surface area (Å²) in [4.78, 5) is 19.1. The molecule has 0 aliphatic carbocycles. The maximum Gasteiger partial charge on any atom is 0.322 e. The fourth-order valence-corrected chi connectivity index (χ4v) is 4.87. The number of nitrogens with one attached hydrogen (secondary N) is 1. The van der Waals surface area contributed by atoms with Crippen LogP contribution in [0, 0.1) is 11.7 Å². The van der Waals surface area contributed by atoms with Gasteiger partial charge in [-0.2, -0.15) is 5.10 Å². The van der Waals surface area contributed by atoms with Crippen molar-refractivity contribution in [1.82, 2.24) is 20.1 Å². The number of hydrogen-bond acceptors (Lipinski definition) is 5. The molecule has 4 rings (SSSR count). The number of sulfone groups is 1. The standard InChI is InChI=1S/C24H28FN5O3S.H2/c1-4-5-20(17-10-11-26-23(13-17)34(3,32)33)28-24(31)29-15-16(2)12-21-22(29)14-27-30(21)19-8-6-18(25)7-9-19;/h6-11,13-14,16,20H,4-5,12,15H2,1-3H3,(H,28,31);1H/t16?,20-;/m0./s1. The zero-order chi connectivity index (χ0) is 24.5. The third-order valence-electron chi connectivity index (χ3n) is 5.91. The summed E-state index contributed by atoms with van der Waals surface area (Å²) < 4.78 is 39.0. The summed E-state index contributed by atoms with van der Waals surface area (Å²) in [5.41, 5.74) is 3.02. The number of pyridine rings is 1. The fraction of sp³-hybridized carbons (Fsp3) is 0.375. The highest BCUT2D eigenvalue weighted by molar-refractivity contribution is 7.90. The maximum absolute atomic E-state index is 13.4. The van der Waals surface area contributed by atoms with E-state index in [1.165, 1.54) is 24.4 Å². The molecule has 2 amide bonds. The van der Waals surface area contributed by atoms with E-state index in [0.29, 0.717) is 24.2 Å². The van der Waals surface area contributed by atoms with Crippen molar-refractivity contribution < 1.29 is 19.0 Å². The minimum Gasteiger partial charge on any atom is -0.331 e. The molecule has 0 spiro atoms. The normalized spacial score (nSPS) is 16.7. The second-order valence-corrected chi connectivity index (χ2v) is 10.7. The van der Waals surface area contributed by atoms with Crippen molar-refractivity contribution in [3.63, 3.8) is 0 Å². The summed E-state index contributed by atoms with van der Waals surface area (Å²) in [7, 11) is -3.47. The Morgan fingerprint density at radius 2 is 2.03 bits per heavy atom. The number of rotatable bonds is 6. The third kappa shape index (κ3) is 4.96. The summed E-state index contributed by atoms with van der Waals surface area (Å²) in [6.45, 7) is 4.60. The molecule has 0 saturated heterocycles. The van der Waals surface area contributed by atoms with Crippen molar-refractivity contribution in [3.8, 4) is 5.69 Å². The Bertz CT molecular complexity index is 1300. The van der Waals surface area contributed by atoms with E-state index in [9.17, 15) is 17.6 Å². The highest BCUT2D eigenvalue weighted by Crippen LogP contribution is 2.32. The van der Waals surface area contributed by atoms with Gasteiger partial charge in [0.25, 0.3) is 0 Å². The number of benzene rings is 1. The zero-order valence-corrected chi connectivity index (χ0v) is 20.2. The first kappa shape index (κ1) is 23.9. The first-order valence-electron chi connectivity index (χ1n) is 11.2. The number of amides is 2. The van der Waals surface area contributed by atoms with E-state index < -0.39 is 9.84 Å². The topological polar surface area (TPSA) is 97.2 Å². The molecule has 0 bridgehead atoms. The van der Waals surface area contributed by atoms with Gasteiger partial charge < -0.3 is 5.32 Å². The Hall–Kier alpha value is -3.27. The van der Waals surface area contributed by atoms with Crippen LogP contribution in [0.3, 0.4) is 0 Å². The Morgan fingerprint density at radius 1 is 1.29 bits per heavy atom. The van der Waals surface area contributed by atoms with Crippen molar-refractivity contribution in [2.45, 2.75) is 44.2 Å². The number of urea groups is 1. The molecule has 1 aliphatic rings. The van der Waals surface area contributed by atoms with Gasteiger partial charge in [-0.1, -0.05) is 20.3 Å². The van der Waals surface area contributed by atoms with Crippen LogP contribution in [0.25, 0.3) is 5.69 Å². The van der Waals surface area contributed by atoms with E-state index in [2.05, 4.69) is 22.3 Å². The first-order valence-corrected chi connectivity index (χ1v) is 13.1. The molecule has 3 aromatic rings. The molecular formula is C24H30FN5O3S. The number of halogens is 1. The average Bonchev–Trinajstić information content (AvgIpc) is 3.22. The Morgan fingerprint density at radius 3 is 2.71 bits per heavy atom. The van der Waals surface area contributed by atoms with Crippen LogP contribution < -0.4 is 10.2 Å². The van der Waals surface area contributed by atoms with Gasteiger partial charge in [-0.25, -0.2) is 27.3 Å². The van der Waals surface area contributed by atoms with Crippen LogP contribution in [0.15, 0.2) is 53.8 Å². The predicted molar refractivity (Wildman–Crippen MR) is 129 cm³/mol. The van der Waals surface area contributed by atoms with Crippen LogP contribution in [-0.2, 0) is 16.3 Å². The van der Waals surface area contributed by atoms with Crippen molar-refractivity contribution in [3.05, 3.63) is 65.9 Å². The second kappa shape index (κ2) is 9.54. The zero-order valence-electron chi connectivity index (χ0n) is 19.4. The molecule has 2 aromatic heterocycles. The fourth-order valence-electron chi connectivity index (χ4n) is 4.27. The first-order chi connectivity index (χ1) is 16.2. The molecule has 0 radical (unpaired) electrons. The molecule has 0 fully saturated rings. The number of anilines is 1. The predicted octanol–water partition coefficient (Wildman–Crippen LogP) is 4.31. The maximum atomic E-state index is 13.4. The third-order valence-corrected chi connectivity index (χ3v) is 6.89. The number of carbonyl (C=O) groups excluding carboxylic acids is 1. The van der Waals surface area contributed by atoms with Crippen LogP contribution in [0.2, 0.25) is 0 Å². The Balaban J connectivity index is 0.00000342. The van der Waals surface area contributed by atoms with Gasteiger partial charge in [0, 0.05) is 20.4 Å². The minimum atomic E-state index is -3.47. The largest absolute Gasteiger partial charge is 0.331 e. The number of carbonyl (C=O) groups is 1. The van der Waals surface area contributed by atoms with Crippen LogP contribution >= 0.6 is 0 Å². The van der Waals surface area contributed by atoms with E-state index in [0.717, 1.165) is 30.5 Å². The van der Waals surface area contributed by atoms with E-state index in [1.807, 2.05) is 6.92 Å². The van der Waals surface area contributed by atoms with Crippen LogP contribution in [0.4, 0.5) is 14.9 Å². The van der Waals surface area contributed by atoms with Gasteiger partial charge in [0.15, 0.2) is 14.9 Å². The number of hydrogen-bond donors (Lipinski definition) is 1. The van der Waals surface area contributed by atoms with Crippen molar-refractivity contribution >= 4 is 21.6 Å². The van der Waals surface area contributed by atoms with E-state index >= 15 is 0 Å². The molecule has 1 unspecified atom stereocenters. The van der Waals surface area contributed by atoms with E-state index in [4.69, 9.17) is 0 Å². The van der Waals surface area contributed by atoms with E-state index in [-0.39, 0.29) is 30.3 Å². The highest BCUT2D eigenvalue weighted by atomic mass is 32.2. The SMILES string of the molecule is CCC[C@H](NC(=O)N1CC(C)Cc2c1cnn2-c1ccc(F)cc1)c1ccnc(S(C)(=O)=O)c1.[HH]. The number of aromatic nitrogens is 3. The Kier molecular flexibility index (Phi) is 6.70. The second-order valence-electron chi connectivity index (χ2n) is 8.77. The van der Waals surface area contributed by atoms with Crippen LogP contribution in [-0.4, -0.2) is 42.0 Å². The molecule has 1 aliphatic heterocycles. The van der Waals surface area contributed by atoms with Crippen LogP contribution in [0.1, 0.15) is 45.4 Å². The van der Waals surface area contributed by atoms with Gasteiger partial charge in [0.1, 0.15) is 5.82 Å². The molecule has 2 atom stereocenters. The lowest BCUT2D eigenvalue weighted by Crippen LogP contribution is -2.46. The summed E-state index contributed by atoms with van der Waals surface area (Å²) in [6, 6.07) is 8.69. The molecule has 182 valence electrons. The van der Waals surface area contributed by atoms with Gasteiger partial charge in [0.05, 0.1) is 29.3 Å². The lowest BCUT2D eigenvalue weighted by Gasteiger charge is -2.32. The molecule has 8 nitrogen and oxygen atoms in total. The Labute approximate surface area is 200 Å². The van der Waals surface area contributed by atoms with Gasteiger partial charge in [0.2, 0.25) is 0 Å². The molecule has 1 aromatic carbocycles. The molecule has 10 heteroatoms. The van der Waals surface area contributed by atoms with Crippen molar-refractivity contribution in [2.75, 3.05) is 17.7 Å². The molecular weight excluding hydrogens is 457 g/mol. The van der Waals surface area contributed by atoms with Crippen molar-refractivity contribution in [2.24, 2.45) is 5.92 Å². The van der Waals surface area contributed by atoms with Gasteiger partial charge in [-0.15, -0.1) is 0 Å². The molecule has 0 saturated carbocycles. The lowest BCUT2D eigenvalue weighted by atomic mass is 9.99. The van der Waals surface area contributed by atoms with Crippen molar-refractivity contribution in [1.29, 1.82) is 0 Å². The quantitative estimate of drug-likeness (QED) is 0.559. The van der Waals surface area contributed by atoms with Gasteiger partial charge in [-0.05, 0) is 60.7 Å². The summed E-state index contributed by atoms with van der Waals surface area (Å²) in [5.74, 6) is -0.132. The van der Waals surface area contributed by atoms with E-state index in [1.54, 1.807) is 34.0 Å². The summed E-state index contributed by atoms with van der Waals surface area (Å²) in [6.07, 6.45) is 6.40. The minimum absolute atomic E-state index is 0. The summed E-state index contributed by atoms with van der Waals surface area (Å²) in [5, 5.41) is 7.53. The van der Waals surface area contributed by atoms with Gasteiger partial charge >= 0.3 is 6.03 Å². The highest BCUT2D eigenvalue weighted by Gasteiger charge is 2.31. The smallest absolute Gasteiger partial charge is 0.322 e. The van der Waals surface area contributed by atoms with Crippen LogP contribution in [0.5, 0.6) is 0 Å². The average molecular weight is 488 g/mol. The molecule has 34 heavy (non-hydrogen) atoms. The monoisotopic (exact) mass is 487 g/mol. The molecule has 3 heterocycles. The number of nitrogens with zero attached hydrogens (tertiary/aromatic N) is 4.